The van der Waals surface area contributed by atoms with Crippen molar-refractivity contribution in [3.8, 4) is 0 Å². The number of nitrogens with zero attached hydrogens (tertiary/aromatic N) is 2. The summed E-state index contributed by atoms with van der Waals surface area (Å²) in [6.07, 6.45) is 1.52. The van der Waals surface area contributed by atoms with E-state index in [2.05, 4.69) is 21.0 Å². The Morgan fingerprint density at radius 2 is 1.83 bits per heavy atom. The van der Waals surface area contributed by atoms with Crippen LogP contribution in [0.5, 0.6) is 0 Å². The van der Waals surface area contributed by atoms with Crippen molar-refractivity contribution >= 4 is 15.9 Å². The topological polar surface area (TPSA) is 43.8 Å². The third kappa shape index (κ3) is 2.15. The van der Waals surface area contributed by atoms with Crippen molar-refractivity contribution in [3.05, 3.63) is 51.5 Å². The lowest BCUT2D eigenvalue weighted by atomic mass is 10.0. The maximum absolute atomic E-state index is 13.1. The van der Waals surface area contributed by atoms with Gasteiger partial charge in [0.25, 0.3) is 0 Å². The summed E-state index contributed by atoms with van der Waals surface area (Å²) < 4.78 is 41.2. The Kier molecular flexibility index (Phi) is 3.45. The number of benzene rings is 1. The Bertz CT molecular complexity index is 555. The zero-order valence-corrected chi connectivity index (χ0v) is 10.9. The summed E-state index contributed by atoms with van der Waals surface area (Å²) >= 11 is 3.24. The van der Waals surface area contributed by atoms with E-state index in [0.717, 1.165) is 12.1 Å². The van der Waals surface area contributed by atoms with Crippen LogP contribution in [0.2, 0.25) is 0 Å². The minimum atomic E-state index is -1.50. The average molecular weight is 320 g/mol. The first-order valence-electron chi connectivity index (χ1n) is 4.99. The van der Waals surface area contributed by atoms with E-state index >= 15 is 0 Å². The van der Waals surface area contributed by atoms with Gasteiger partial charge in [-0.25, -0.2) is 13.2 Å². The molecule has 0 spiro atoms. The van der Waals surface area contributed by atoms with Gasteiger partial charge < -0.3 is 5.73 Å². The molecule has 0 bridgehead atoms. The van der Waals surface area contributed by atoms with E-state index < -0.39 is 23.5 Å². The minimum Gasteiger partial charge on any atom is -0.319 e. The Labute approximate surface area is 110 Å². The maximum atomic E-state index is 13.1. The molecule has 18 heavy (non-hydrogen) atoms. The van der Waals surface area contributed by atoms with Crippen LogP contribution in [-0.2, 0) is 7.05 Å². The van der Waals surface area contributed by atoms with Crippen molar-refractivity contribution in [3.63, 3.8) is 0 Å². The Hall–Kier alpha value is -1.34. The van der Waals surface area contributed by atoms with Gasteiger partial charge in [-0.3, -0.25) is 4.68 Å². The van der Waals surface area contributed by atoms with E-state index in [1.54, 1.807) is 7.05 Å². The maximum Gasteiger partial charge on any atom is 0.194 e. The lowest BCUT2D eigenvalue weighted by Gasteiger charge is -2.14. The minimum absolute atomic E-state index is 0.135. The smallest absolute Gasteiger partial charge is 0.194 e. The van der Waals surface area contributed by atoms with E-state index in [1.807, 2.05) is 0 Å². The highest BCUT2D eigenvalue weighted by molar-refractivity contribution is 9.10. The predicted octanol–water partition coefficient (Wildman–Crippen LogP) is 2.65. The number of nitrogens with two attached hydrogens (primary N) is 1. The highest BCUT2D eigenvalue weighted by Crippen LogP contribution is 2.27. The molecular weight excluding hydrogens is 311 g/mol. The quantitative estimate of drug-likeness (QED) is 0.865. The summed E-state index contributed by atoms with van der Waals surface area (Å²) in [5.74, 6) is -4.03. The van der Waals surface area contributed by atoms with Crippen LogP contribution >= 0.6 is 15.9 Å². The highest BCUT2D eigenvalue weighted by Gasteiger charge is 2.20. The molecule has 1 heterocycles. The molecule has 1 aromatic carbocycles. The fraction of sp³-hybridized carbons (Fsp3) is 0.182. The Morgan fingerprint density at radius 3 is 2.28 bits per heavy atom. The number of hydrogen-bond acceptors (Lipinski definition) is 2. The van der Waals surface area contributed by atoms with Gasteiger partial charge in [-0.05, 0) is 33.6 Å². The number of halogens is 4. The molecule has 2 N–H and O–H groups in total. The van der Waals surface area contributed by atoms with Gasteiger partial charge in [0.15, 0.2) is 17.5 Å². The molecule has 7 heteroatoms. The molecule has 96 valence electrons. The van der Waals surface area contributed by atoms with E-state index in [1.165, 1.54) is 10.9 Å². The summed E-state index contributed by atoms with van der Waals surface area (Å²) in [5.41, 5.74) is 6.58. The lowest BCUT2D eigenvalue weighted by molar-refractivity contribution is 0.444. The number of rotatable bonds is 2. The molecule has 1 aromatic heterocycles. The lowest BCUT2D eigenvalue weighted by Crippen LogP contribution is -2.17. The van der Waals surface area contributed by atoms with Gasteiger partial charge in [0, 0.05) is 7.05 Å². The van der Waals surface area contributed by atoms with Crippen molar-refractivity contribution in [2.45, 2.75) is 6.04 Å². The van der Waals surface area contributed by atoms with Crippen LogP contribution in [0.4, 0.5) is 13.2 Å². The summed E-state index contributed by atoms with van der Waals surface area (Å²) in [4.78, 5) is 0. The normalized spacial score (nSPS) is 12.8. The van der Waals surface area contributed by atoms with Gasteiger partial charge >= 0.3 is 0 Å². The molecule has 2 rings (SSSR count). The van der Waals surface area contributed by atoms with Crippen LogP contribution in [0.15, 0.2) is 22.8 Å². The first-order valence-corrected chi connectivity index (χ1v) is 5.78. The molecule has 0 fully saturated rings. The molecule has 0 aliphatic heterocycles. The third-order valence-electron chi connectivity index (χ3n) is 2.60. The van der Waals surface area contributed by atoms with Gasteiger partial charge in [-0.15, -0.1) is 0 Å². The number of aromatic nitrogens is 2. The molecule has 0 aliphatic rings. The highest BCUT2D eigenvalue weighted by atomic mass is 79.9. The summed E-state index contributed by atoms with van der Waals surface area (Å²) in [5, 5.41) is 3.95. The van der Waals surface area contributed by atoms with Crippen LogP contribution in [0.25, 0.3) is 0 Å². The SMILES string of the molecule is Cn1ncc(Br)c1C(N)c1cc(F)c(F)c(F)c1. The monoisotopic (exact) mass is 319 g/mol. The van der Waals surface area contributed by atoms with Crippen molar-refractivity contribution < 1.29 is 13.2 Å². The number of aryl methyl sites for hydroxylation is 1. The molecule has 0 saturated heterocycles. The van der Waals surface area contributed by atoms with Gasteiger partial charge in [-0.1, -0.05) is 0 Å². The van der Waals surface area contributed by atoms with Gasteiger partial charge in [-0.2, -0.15) is 5.10 Å². The zero-order valence-electron chi connectivity index (χ0n) is 9.29. The molecule has 0 aliphatic carbocycles. The van der Waals surface area contributed by atoms with Crippen LogP contribution in [0.3, 0.4) is 0 Å². The van der Waals surface area contributed by atoms with Crippen molar-refractivity contribution in [1.29, 1.82) is 0 Å². The van der Waals surface area contributed by atoms with E-state index in [4.69, 9.17) is 5.73 Å². The van der Waals surface area contributed by atoms with Crippen molar-refractivity contribution in [1.82, 2.24) is 9.78 Å². The second-order valence-corrected chi connectivity index (χ2v) is 4.63. The Balaban J connectivity index is 2.50. The second-order valence-electron chi connectivity index (χ2n) is 3.78. The molecule has 0 amide bonds. The fourth-order valence-electron chi connectivity index (χ4n) is 1.68. The standard InChI is InChI=1S/C11H9BrF3N3/c1-18-11(6(12)4-17-18)10(16)5-2-7(13)9(15)8(14)3-5/h2-4,10H,16H2,1H3. The zero-order chi connectivity index (χ0) is 13.4. The molecule has 1 unspecified atom stereocenters. The molecule has 2 aromatic rings. The summed E-state index contributed by atoms with van der Waals surface area (Å²) in [6, 6.07) is 0.946. The summed E-state index contributed by atoms with van der Waals surface area (Å²) in [6.45, 7) is 0. The fourth-order valence-corrected chi connectivity index (χ4v) is 2.28. The summed E-state index contributed by atoms with van der Waals surface area (Å²) in [7, 11) is 1.65. The van der Waals surface area contributed by atoms with Gasteiger partial charge in [0.05, 0.1) is 22.4 Å². The van der Waals surface area contributed by atoms with Crippen LogP contribution in [0, 0.1) is 17.5 Å². The van der Waals surface area contributed by atoms with Crippen molar-refractivity contribution in [2.24, 2.45) is 12.8 Å². The Morgan fingerprint density at radius 1 is 1.28 bits per heavy atom. The molecule has 3 nitrogen and oxygen atoms in total. The molecule has 0 radical (unpaired) electrons. The van der Waals surface area contributed by atoms with Crippen LogP contribution < -0.4 is 5.73 Å². The van der Waals surface area contributed by atoms with Crippen LogP contribution in [-0.4, -0.2) is 9.78 Å². The molecule has 1 atom stereocenters. The van der Waals surface area contributed by atoms with Crippen molar-refractivity contribution in [2.75, 3.05) is 0 Å². The van der Waals surface area contributed by atoms with E-state index in [-0.39, 0.29) is 5.56 Å². The predicted molar refractivity (Wildman–Crippen MR) is 63.3 cm³/mol. The molecular formula is C11H9BrF3N3. The third-order valence-corrected chi connectivity index (χ3v) is 3.21. The second kappa shape index (κ2) is 4.74. The number of hydrogen-bond donors (Lipinski definition) is 1. The first kappa shape index (κ1) is 13.1. The van der Waals surface area contributed by atoms with Gasteiger partial charge in [0.1, 0.15) is 0 Å². The first-order chi connectivity index (χ1) is 8.41. The largest absolute Gasteiger partial charge is 0.319 e. The van der Waals surface area contributed by atoms with Crippen LogP contribution in [0.1, 0.15) is 17.3 Å². The van der Waals surface area contributed by atoms with E-state index in [9.17, 15) is 13.2 Å². The average Bonchev–Trinajstić information content (AvgIpc) is 2.64. The molecule has 0 saturated carbocycles. The van der Waals surface area contributed by atoms with Gasteiger partial charge in [0.2, 0.25) is 0 Å². The van der Waals surface area contributed by atoms with E-state index in [0.29, 0.717) is 10.2 Å².